The molecule has 1 rings (SSSR count). The first-order valence-electron chi connectivity index (χ1n) is 7.71. The van der Waals surface area contributed by atoms with Crippen molar-refractivity contribution < 1.29 is 9.69 Å². The second-order valence-corrected chi connectivity index (χ2v) is 5.79. The lowest BCUT2D eigenvalue weighted by atomic mass is 10.2. The Bertz CT molecular complexity index is 418. The van der Waals surface area contributed by atoms with Crippen LogP contribution in [0.4, 0.5) is 10.5 Å². The van der Waals surface area contributed by atoms with E-state index in [-0.39, 0.29) is 12.1 Å². The summed E-state index contributed by atoms with van der Waals surface area (Å²) in [5.41, 5.74) is 0.747. The minimum atomic E-state index is -0.167. The van der Waals surface area contributed by atoms with Gasteiger partial charge in [-0.3, -0.25) is 0 Å². The molecule has 0 unspecified atom stereocenters. The molecule has 0 aliphatic rings. The van der Waals surface area contributed by atoms with Gasteiger partial charge in [0.15, 0.2) is 0 Å². The Kier molecular flexibility index (Phi) is 8.16. The van der Waals surface area contributed by atoms with Crippen LogP contribution in [-0.2, 0) is 0 Å². The van der Waals surface area contributed by atoms with E-state index in [4.69, 9.17) is 11.6 Å². The summed E-state index contributed by atoms with van der Waals surface area (Å²) in [7, 11) is 0. The molecule has 1 aromatic rings. The number of nitrogens with one attached hydrogen (secondary N) is 3. The number of hydrogen-bond donors (Lipinski definition) is 3. The predicted molar refractivity (Wildman–Crippen MR) is 89.2 cm³/mol. The van der Waals surface area contributed by atoms with Crippen molar-refractivity contribution in [3.8, 4) is 0 Å². The van der Waals surface area contributed by atoms with Crippen molar-refractivity contribution in [1.82, 2.24) is 5.32 Å². The quantitative estimate of drug-likeness (QED) is 0.679. The van der Waals surface area contributed by atoms with Crippen molar-refractivity contribution in [1.29, 1.82) is 0 Å². The molecular weight excluding hydrogens is 286 g/mol. The molecule has 1 atom stereocenters. The standard InChI is InChI=1S/C16H26ClN3O/c1-4-20(5-2)12-6-7-13(3)18-16(21)19-15-10-8-14(17)9-11-15/h8-11,13H,4-7,12H2,1-3H3,(H2,18,19,21)/p+1/t13-/m0/s1. The minimum absolute atomic E-state index is 0.167. The van der Waals surface area contributed by atoms with Crippen molar-refractivity contribution >= 4 is 23.3 Å². The predicted octanol–water partition coefficient (Wildman–Crippen LogP) is 2.55. The van der Waals surface area contributed by atoms with Gasteiger partial charge < -0.3 is 15.5 Å². The Morgan fingerprint density at radius 1 is 1.24 bits per heavy atom. The molecule has 0 spiro atoms. The molecule has 21 heavy (non-hydrogen) atoms. The van der Waals surface area contributed by atoms with Crippen molar-refractivity contribution in [3.63, 3.8) is 0 Å². The number of carbonyl (C=O) groups is 1. The van der Waals surface area contributed by atoms with Crippen LogP contribution < -0.4 is 15.5 Å². The molecule has 0 aliphatic heterocycles. The minimum Gasteiger partial charge on any atom is -0.335 e. The first kappa shape index (κ1) is 17.8. The Labute approximate surface area is 132 Å². The second-order valence-electron chi connectivity index (χ2n) is 5.36. The Hall–Kier alpha value is -1.26. The normalized spacial score (nSPS) is 12.2. The van der Waals surface area contributed by atoms with Crippen LogP contribution in [0, 0.1) is 0 Å². The SMILES string of the molecule is CC[NH+](CC)CCC[C@H](C)NC(=O)Nc1ccc(Cl)cc1. The zero-order valence-corrected chi connectivity index (χ0v) is 14.0. The topological polar surface area (TPSA) is 45.6 Å². The van der Waals surface area contributed by atoms with Crippen molar-refractivity contribution in [2.45, 2.75) is 39.7 Å². The molecule has 0 radical (unpaired) electrons. The number of amides is 2. The molecule has 2 amide bonds. The van der Waals surface area contributed by atoms with E-state index in [0.29, 0.717) is 5.02 Å². The number of rotatable bonds is 8. The van der Waals surface area contributed by atoms with E-state index in [9.17, 15) is 4.79 Å². The van der Waals surface area contributed by atoms with Gasteiger partial charge in [-0.2, -0.15) is 0 Å². The Balaban J connectivity index is 2.25. The van der Waals surface area contributed by atoms with E-state index in [1.807, 2.05) is 6.92 Å². The summed E-state index contributed by atoms with van der Waals surface area (Å²) in [6.07, 6.45) is 2.12. The molecule has 0 aromatic heterocycles. The average molecular weight is 313 g/mol. The van der Waals surface area contributed by atoms with Crippen LogP contribution in [0.2, 0.25) is 5.02 Å². The maximum Gasteiger partial charge on any atom is 0.319 e. The van der Waals surface area contributed by atoms with E-state index in [2.05, 4.69) is 24.5 Å². The summed E-state index contributed by atoms with van der Waals surface area (Å²) in [4.78, 5) is 13.5. The highest BCUT2D eigenvalue weighted by molar-refractivity contribution is 6.30. The lowest BCUT2D eigenvalue weighted by Crippen LogP contribution is -3.11. The number of halogens is 1. The second kappa shape index (κ2) is 9.64. The summed E-state index contributed by atoms with van der Waals surface area (Å²) >= 11 is 5.81. The van der Waals surface area contributed by atoms with Crippen LogP contribution in [0.1, 0.15) is 33.6 Å². The summed E-state index contributed by atoms with van der Waals surface area (Å²) in [6.45, 7) is 9.95. The van der Waals surface area contributed by atoms with E-state index < -0.39 is 0 Å². The summed E-state index contributed by atoms with van der Waals surface area (Å²) in [5.74, 6) is 0. The van der Waals surface area contributed by atoms with E-state index in [1.54, 1.807) is 29.2 Å². The third-order valence-electron chi connectivity index (χ3n) is 3.65. The molecule has 4 nitrogen and oxygen atoms in total. The van der Waals surface area contributed by atoms with Crippen molar-refractivity contribution in [2.24, 2.45) is 0 Å². The van der Waals surface area contributed by atoms with Gasteiger partial charge in [-0.05, 0) is 57.9 Å². The smallest absolute Gasteiger partial charge is 0.319 e. The van der Waals surface area contributed by atoms with Crippen LogP contribution in [0.5, 0.6) is 0 Å². The molecule has 3 N–H and O–H groups in total. The summed E-state index contributed by atoms with van der Waals surface area (Å²) in [5, 5.41) is 6.43. The van der Waals surface area contributed by atoms with Gasteiger partial charge >= 0.3 is 6.03 Å². The molecule has 0 saturated heterocycles. The van der Waals surface area contributed by atoms with Gasteiger partial charge in [0.1, 0.15) is 0 Å². The van der Waals surface area contributed by atoms with E-state index in [1.165, 1.54) is 0 Å². The third-order valence-corrected chi connectivity index (χ3v) is 3.90. The molecule has 5 heteroatoms. The van der Waals surface area contributed by atoms with Gasteiger partial charge in [0, 0.05) is 16.8 Å². The van der Waals surface area contributed by atoms with E-state index >= 15 is 0 Å². The largest absolute Gasteiger partial charge is 0.335 e. The third kappa shape index (κ3) is 7.34. The Morgan fingerprint density at radius 3 is 2.43 bits per heavy atom. The Morgan fingerprint density at radius 2 is 1.86 bits per heavy atom. The average Bonchev–Trinajstić information content (AvgIpc) is 2.46. The summed E-state index contributed by atoms with van der Waals surface area (Å²) in [6, 6.07) is 7.10. The number of quaternary nitrogens is 1. The molecule has 0 aliphatic carbocycles. The number of hydrogen-bond acceptors (Lipinski definition) is 1. The van der Waals surface area contributed by atoms with Gasteiger partial charge in [-0.1, -0.05) is 11.6 Å². The van der Waals surface area contributed by atoms with Crippen molar-refractivity contribution in [3.05, 3.63) is 29.3 Å². The highest BCUT2D eigenvalue weighted by Crippen LogP contribution is 2.13. The molecule has 0 bridgehead atoms. The van der Waals surface area contributed by atoms with Crippen LogP contribution in [0.15, 0.2) is 24.3 Å². The van der Waals surface area contributed by atoms with Gasteiger partial charge in [0.05, 0.1) is 19.6 Å². The number of anilines is 1. The van der Waals surface area contributed by atoms with Crippen LogP contribution >= 0.6 is 11.6 Å². The fourth-order valence-corrected chi connectivity index (χ4v) is 2.38. The fraction of sp³-hybridized carbons (Fsp3) is 0.562. The van der Waals surface area contributed by atoms with Crippen LogP contribution in [-0.4, -0.2) is 31.7 Å². The summed E-state index contributed by atoms with van der Waals surface area (Å²) < 4.78 is 0. The number of benzene rings is 1. The van der Waals surface area contributed by atoms with Gasteiger partial charge in [-0.25, -0.2) is 4.79 Å². The molecular formula is C16H27ClN3O+. The molecule has 1 aromatic carbocycles. The maximum atomic E-state index is 11.9. The highest BCUT2D eigenvalue weighted by atomic mass is 35.5. The zero-order chi connectivity index (χ0) is 15.7. The maximum absolute atomic E-state index is 11.9. The van der Waals surface area contributed by atoms with Gasteiger partial charge in [0.2, 0.25) is 0 Å². The number of carbonyl (C=O) groups excluding carboxylic acids is 1. The fourth-order valence-electron chi connectivity index (χ4n) is 2.26. The highest BCUT2D eigenvalue weighted by Gasteiger charge is 2.09. The van der Waals surface area contributed by atoms with Crippen LogP contribution in [0.3, 0.4) is 0 Å². The monoisotopic (exact) mass is 312 g/mol. The van der Waals surface area contributed by atoms with Gasteiger partial charge in [-0.15, -0.1) is 0 Å². The van der Waals surface area contributed by atoms with Crippen LogP contribution in [0.25, 0.3) is 0 Å². The van der Waals surface area contributed by atoms with Gasteiger partial charge in [0.25, 0.3) is 0 Å². The lowest BCUT2D eigenvalue weighted by Gasteiger charge is -2.18. The lowest BCUT2D eigenvalue weighted by molar-refractivity contribution is -0.896. The first-order valence-corrected chi connectivity index (χ1v) is 8.09. The molecule has 118 valence electrons. The molecule has 0 heterocycles. The zero-order valence-electron chi connectivity index (χ0n) is 13.2. The first-order chi connectivity index (χ1) is 10.0. The van der Waals surface area contributed by atoms with Crippen molar-refractivity contribution in [2.75, 3.05) is 25.0 Å². The van der Waals surface area contributed by atoms with E-state index in [0.717, 1.165) is 38.2 Å². The number of urea groups is 1. The molecule has 0 saturated carbocycles. The molecule has 0 fully saturated rings.